The number of fused-ring (bicyclic) bond motifs is 1. The van der Waals surface area contributed by atoms with Gasteiger partial charge in [0, 0.05) is 37.1 Å². The van der Waals surface area contributed by atoms with Crippen molar-refractivity contribution in [3.05, 3.63) is 35.8 Å². The molecule has 0 spiro atoms. The maximum Gasteiger partial charge on any atom is 0.341 e. The Morgan fingerprint density at radius 2 is 2.19 bits per heavy atom. The third kappa shape index (κ3) is 3.61. The van der Waals surface area contributed by atoms with Crippen LogP contribution in [0, 0.1) is 5.82 Å². The average Bonchev–Trinajstić information content (AvgIpc) is 3.10. The largest absolute Gasteiger partial charge is 0.462 e. The Hall–Kier alpha value is -2.70. The Kier molecular flexibility index (Phi) is 5.35. The van der Waals surface area contributed by atoms with Crippen molar-refractivity contribution in [1.82, 2.24) is 9.88 Å². The number of hydrogen-bond donors (Lipinski definition) is 1. The smallest absolute Gasteiger partial charge is 0.341 e. The summed E-state index contributed by atoms with van der Waals surface area (Å²) >= 11 is 0. The molecule has 0 aliphatic carbocycles. The summed E-state index contributed by atoms with van der Waals surface area (Å²) in [5.41, 5.74) is 1.36. The highest BCUT2D eigenvalue weighted by molar-refractivity contribution is 6.05. The lowest BCUT2D eigenvalue weighted by Crippen LogP contribution is -2.31. The molecule has 0 saturated carbocycles. The van der Waals surface area contributed by atoms with E-state index in [1.807, 2.05) is 6.92 Å². The molecule has 2 heterocycles. The molecule has 26 heavy (non-hydrogen) atoms. The van der Waals surface area contributed by atoms with Gasteiger partial charge in [0.15, 0.2) is 0 Å². The lowest BCUT2D eigenvalue weighted by molar-refractivity contribution is -0.129. The minimum Gasteiger partial charge on any atom is -0.462 e. The van der Waals surface area contributed by atoms with Crippen molar-refractivity contribution >= 4 is 28.5 Å². The van der Waals surface area contributed by atoms with Gasteiger partial charge >= 0.3 is 5.97 Å². The maximum atomic E-state index is 13.8. The zero-order valence-electron chi connectivity index (χ0n) is 14.9. The molecular weight excluding hydrogens is 337 g/mol. The Balaban J connectivity index is 1.96. The van der Waals surface area contributed by atoms with Gasteiger partial charge in [-0.25, -0.2) is 9.18 Å². The van der Waals surface area contributed by atoms with Crippen LogP contribution in [0.15, 0.2) is 24.4 Å². The second-order valence-corrected chi connectivity index (χ2v) is 6.25. The van der Waals surface area contributed by atoms with Crippen LogP contribution in [0.2, 0.25) is 0 Å². The number of nitrogens with one attached hydrogen (secondary N) is 1. The summed E-state index contributed by atoms with van der Waals surface area (Å²) in [4.78, 5) is 30.3. The summed E-state index contributed by atoms with van der Waals surface area (Å²) in [5, 5.41) is 3.85. The SMILES string of the molecule is CCOC(=O)c1cnc2ccc(F)cc2c1NC1CCN(C(=O)CC)C1. The molecule has 1 atom stereocenters. The van der Waals surface area contributed by atoms with Crippen molar-refractivity contribution in [3.63, 3.8) is 0 Å². The third-order valence-electron chi connectivity index (χ3n) is 4.52. The normalized spacial score (nSPS) is 16.7. The van der Waals surface area contributed by atoms with E-state index in [-0.39, 0.29) is 24.1 Å². The molecule has 1 fully saturated rings. The minimum atomic E-state index is -0.506. The van der Waals surface area contributed by atoms with Gasteiger partial charge in [0.2, 0.25) is 5.91 Å². The van der Waals surface area contributed by atoms with Crippen LogP contribution in [0.5, 0.6) is 0 Å². The fraction of sp³-hybridized carbons (Fsp3) is 0.421. The van der Waals surface area contributed by atoms with Crippen LogP contribution in [0.25, 0.3) is 10.9 Å². The van der Waals surface area contributed by atoms with E-state index in [9.17, 15) is 14.0 Å². The van der Waals surface area contributed by atoms with Gasteiger partial charge in [-0.15, -0.1) is 0 Å². The standard InChI is InChI=1S/C19H22FN3O3/c1-3-17(24)23-8-7-13(11-23)22-18-14-9-12(20)5-6-16(14)21-10-15(18)19(25)26-4-2/h5-6,9-10,13H,3-4,7-8,11H2,1-2H3,(H,21,22). The fourth-order valence-electron chi connectivity index (χ4n) is 3.22. The van der Waals surface area contributed by atoms with Gasteiger partial charge in [0.1, 0.15) is 11.4 Å². The molecular formula is C19H22FN3O3. The second kappa shape index (κ2) is 7.68. The number of halogens is 1. The summed E-state index contributed by atoms with van der Waals surface area (Å²) in [6, 6.07) is 4.25. The number of aromatic nitrogens is 1. The van der Waals surface area contributed by atoms with Crippen LogP contribution in [0.1, 0.15) is 37.0 Å². The van der Waals surface area contributed by atoms with Crippen molar-refractivity contribution in [2.75, 3.05) is 25.0 Å². The lowest BCUT2D eigenvalue weighted by atomic mass is 10.1. The second-order valence-electron chi connectivity index (χ2n) is 6.25. The number of carbonyl (C=O) groups is 2. The Morgan fingerprint density at radius 1 is 1.38 bits per heavy atom. The molecule has 1 aromatic carbocycles. The number of rotatable bonds is 5. The summed E-state index contributed by atoms with van der Waals surface area (Å²) < 4.78 is 18.9. The average molecular weight is 359 g/mol. The molecule has 1 aliphatic rings. The number of likely N-dealkylation sites (tertiary alicyclic amines) is 1. The van der Waals surface area contributed by atoms with E-state index in [1.54, 1.807) is 17.9 Å². The van der Waals surface area contributed by atoms with E-state index >= 15 is 0 Å². The van der Waals surface area contributed by atoms with Crippen LogP contribution in [0.3, 0.4) is 0 Å². The molecule has 7 heteroatoms. The van der Waals surface area contributed by atoms with E-state index in [4.69, 9.17) is 4.74 Å². The highest BCUT2D eigenvalue weighted by Crippen LogP contribution is 2.29. The predicted octanol–water partition coefficient (Wildman–Crippen LogP) is 2.97. The first-order valence-corrected chi connectivity index (χ1v) is 8.83. The summed E-state index contributed by atoms with van der Waals surface area (Å²) in [5.74, 6) is -0.809. The summed E-state index contributed by atoms with van der Waals surface area (Å²) in [6.45, 7) is 5.01. The molecule has 0 radical (unpaired) electrons. The maximum absolute atomic E-state index is 13.8. The van der Waals surface area contributed by atoms with Crippen molar-refractivity contribution in [2.24, 2.45) is 0 Å². The number of esters is 1. The molecule has 1 aromatic heterocycles. The molecule has 0 bridgehead atoms. The zero-order valence-corrected chi connectivity index (χ0v) is 14.9. The molecule has 6 nitrogen and oxygen atoms in total. The van der Waals surface area contributed by atoms with Crippen molar-refractivity contribution in [3.8, 4) is 0 Å². The van der Waals surface area contributed by atoms with E-state index in [1.165, 1.54) is 18.3 Å². The van der Waals surface area contributed by atoms with Crippen LogP contribution in [0.4, 0.5) is 10.1 Å². The molecule has 1 saturated heterocycles. The van der Waals surface area contributed by atoms with Crippen LogP contribution in [-0.2, 0) is 9.53 Å². The van der Waals surface area contributed by atoms with Crippen LogP contribution < -0.4 is 5.32 Å². The van der Waals surface area contributed by atoms with Crippen LogP contribution >= 0.6 is 0 Å². The number of pyridine rings is 1. The van der Waals surface area contributed by atoms with E-state index in [0.717, 1.165) is 6.42 Å². The molecule has 3 rings (SSSR count). The van der Waals surface area contributed by atoms with Gasteiger partial charge in [-0.1, -0.05) is 6.92 Å². The van der Waals surface area contributed by atoms with Crippen LogP contribution in [-0.4, -0.2) is 47.5 Å². The number of carbonyl (C=O) groups excluding carboxylic acids is 2. The first kappa shape index (κ1) is 18.1. The quantitative estimate of drug-likeness (QED) is 0.831. The molecule has 2 aromatic rings. The zero-order chi connectivity index (χ0) is 18.7. The number of hydrogen-bond acceptors (Lipinski definition) is 5. The third-order valence-corrected chi connectivity index (χ3v) is 4.52. The number of anilines is 1. The van der Waals surface area contributed by atoms with Gasteiger partial charge in [-0.3, -0.25) is 9.78 Å². The lowest BCUT2D eigenvalue weighted by Gasteiger charge is -2.20. The van der Waals surface area contributed by atoms with Gasteiger partial charge in [-0.05, 0) is 31.5 Å². The predicted molar refractivity (Wildman–Crippen MR) is 96.6 cm³/mol. The van der Waals surface area contributed by atoms with E-state index in [0.29, 0.717) is 36.1 Å². The highest BCUT2D eigenvalue weighted by Gasteiger charge is 2.27. The van der Waals surface area contributed by atoms with E-state index < -0.39 is 11.8 Å². The van der Waals surface area contributed by atoms with Gasteiger partial charge in [0.25, 0.3) is 0 Å². The summed E-state index contributed by atoms with van der Waals surface area (Å²) in [7, 11) is 0. The highest BCUT2D eigenvalue weighted by atomic mass is 19.1. The number of nitrogens with zero attached hydrogens (tertiary/aromatic N) is 2. The number of benzene rings is 1. The van der Waals surface area contributed by atoms with Gasteiger partial charge in [-0.2, -0.15) is 0 Å². The molecule has 1 N–H and O–H groups in total. The molecule has 1 aliphatic heterocycles. The molecule has 1 amide bonds. The monoisotopic (exact) mass is 359 g/mol. The fourth-order valence-corrected chi connectivity index (χ4v) is 3.22. The topological polar surface area (TPSA) is 71.5 Å². The first-order chi connectivity index (χ1) is 12.5. The Bertz CT molecular complexity index is 840. The van der Waals surface area contributed by atoms with Crippen molar-refractivity contribution in [1.29, 1.82) is 0 Å². The minimum absolute atomic E-state index is 0.0208. The van der Waals surface area contributed by atoms with Gasteiger partial charge in [0.05, 0.1) is 17.8 Å². The van der Waals surface area contributed by atoms with E-state index in [2.05, 4.69) is 10.3 Å². The summed E-state index contributed by atoms with van der Waals surface area (Å²) in [6.07, 6.45) is 2.67. The first-order valence-electron chi connectivity index (χ1n) is 8.83. The number of amides is 1. The Morgan fingerprint density at radius 3 is 2.92 bits per heavy atom. The molecule has 1 unspecified atom stereocenters. The van der Waals surface area contributed by atoms with Crippen molar-refractivity contribution in [2.45, 2.75) is 32.7 Å². The number of ether oxygens (including phenoxy) is 1. The Labute approximate surface area is 151 Å². The van der Waals surface area contributed by atoms with Gasteiger partial charge < -0.3 is 15.0 Å². The molecule has 138 valence electrons. The van der Waals surface area contributed by atoms with Crippen molar-refractivity contribution < 1.29 is 18.7 Å².